The zero-order valence-corrected chi connectivity index (χ0v) is 13.9. The van der Waals surface area contributed by atoms with Gasteiger partial charge in [-0.2, -0.15) is 0 Å². The van der Waals surface area contributed by atoms with Crippen molar-refractivity contribution in [1.82, 2.24) is 4.98 Å². The topological polar surface area (TPSA) is 33.1 Å². The number of aliphatic hydroxyl groups excluding tert-OH is 1. The minimum absolute atomic E-state index is 0.0308. The second-order valence-electron chi connectivity index (χ2n) is 6.67. The molecular weight excluding hydrogens is 254 g/mol. The molecule has 3 heteroatoms. The molecule has 1 N–H and O–H groups in total. The molecular formula is C16H29NOS. The highest BCUT2D eigenvalue weighted by atomic mass is 32.1. The number of hydrogen-bond donors (Lipinski definition) is 1. The van der Waals surface area contributed by atoms with Gasteiger partial charge < -0.3 is 5.11 Å². The molecule has 2 nitrogen and oxygen atoms in total. The third-order valence-corrected chi connectivity index (χ3v) is 4.84. The van der Waals surface area contributed by atoms with Gasteiger partial charge in [-0.05, 0) is 18.3 Å². The monoisotopic (exact) mass is 283 g/mol. The van der Waals surface area contributed by atoms with E-state index in [1.807, 2.05) is 0 Å². The maximum absolute atomic E-state index is 9.81. The molecule has 110 valence electrons. The quantitative estimate of drug-likeness (QED) is 0.795. The average molecular weight is 283 g/mol. The van der Waals surface area contributed by atoms with Crippen LogP contribution in [0.1, 0.15) is 71.0 Å². The molecule has 0 aliphatic rings. The smallest absolute Gasteiger partial charge is 0.0934 e. The summed E-state index contributed by atoms with van der Waals surface area (Å²) in [4.78, 5) is 4.78. The molecule has 0 bridgehead atoms. The summed E-state index contributed by atoms with van der Waals surface area (Å²) in [6.45, 7) is 11.3. The summed E-state index contributed by atoms with van der Waals surface area (Å²) in [5.41, 5.74) is 1.32. The molecule has 0 aliphatic carbocycles. The second kappa shape index (κ2) is 6.85. The minimum atomic E-state index is 0.0308. The molecule has 0 saturated heterocycles. The number of thiazole rings is 1. The summed E-state index contributed by atoms with van der Waals surface area (Å²) < 4.78 is 0. The van der Waals surface area contributed by atoms with Crippen molar-refractivity contribution in [3.63, 3.8) is 0 Å². The fourth-order valence-corrected chi connectivity index (χ4v) is 3.44. The van der Waals surface area contributed by atoms with Crippen molar-refractivity contribution in [2.45, 2.75) is 72.1 Å². The van der Waals surface area contributed by atoms with E-state index in [9.17, 15) is 5.11 Å². The van der Waals surface area contributed by atoms with Gasteiger partial charge in [0.15, 0.2) is 0 Å². The lowest BCUT2D eigenvalue weighted by molar-refractivity contribution is 0.107. The number of aliphatic hydroxyl groups is 1. The van der Waals surface area contributed by atoms with Crippen molar-refractivity contribution in [2.75, 3.05) is 6.61 Å². The van der Waals surface area contributed by atoms with E-state index in [1.54, 1.807) is 11.3 Å². The van der Waals surface area contributed by atoms with Crippen LogP contribution in [-0.4, -0.2) is 16.7 Å². The van der Waals surface area contributed by atoms with Crippen LogP contribution in [0.25, 0.3) is 0 Å². The minimum Gasteiger partial charge on any atom is -0.396 e. The summed E-state index contributed by atoms with van der Waals surface area (Å²) in [6, 6.07) is 0. The normalized spacial score (nSPS) is 15.5. The van der Waals surface area contributed by atoms with Gasteiger partial charge in [-0.3, -0.25) is 0 Å². The Kier molecular flexibility index (Phi) is 6.00. The van der Waals surface area contributed by atoms with Gasteiger partial charge in [0, 0.05) is 23.8 Å². The summed E-state index contributed by atoms with van der Waals surface area (Å²) >= 11 is 1.75. The van der Waals surface area contributed by atoms with Crippen LogP contribution in [-0.2, 0) is 11.8 Å². The Bertz CT molecular complexity index is 374. The van der Waals surface area contributed by atoms with Crippen LogP contribution in [0.4, 0.5) is 0 Å². The summed E-state index contributed by atoms with van der Waals surface area (Å²) in [7, 11) is 0. The Balaban J connectivity index is 2.82. The van der Waals surface area contributed by atoms with Gasteiger partial charge in [0.2, 0.25) is 0 Å². The Labute approximate surface area is 122 Å². The third-order valence-electron chi connectivity index (χ3n) is 3.99. The van der Waals surface area contributed by atoms with Crippen molar-refractivity contribution in [3.05, 3.63) is 16.1 Å². The SMILES string of the molecule is CCCCC(CC)(CO)Cc1nc(C(C)(C)C)cs1. The number of hydrogen-bond acceptors (Lipinski definition) is 3. The fourth-order valence-electron chi connectivity index (χ4n) is 2.25. The van der Waals surface area contributed by atoms with Gasteiger partial charge in [0.1, 0.15) is 0 Å². The molecule has 0 radical (unpaired) electrons. The van der Waals surface area contributed by atoms with Crippen molar-refractivity contribution >= 4 is 11.3 Å². The van der Waals surface area contributed by atoms with Crippen molar-refractivity contribution in [3.8, 4) is 0 Å². The van der Waals surface area contributed by atoms with E-state index in [0.29, 0.717) is 0 Å². The zero-order valence-electron chi connectivity index (χ0n) is 13.1. The largest absolute Gasteiger partial charge is 0.396 e. The molecule has 1 aromatic rings. The Morgan fingerprint density at radius 3 is 2.37 bits per heavy atom. The van der Waals surface area contributed by atoms with Crippen LogP contribution in [0.15, 0.2) is 5.38 Å². The van der Waals surface area contributed by atoms with E-state index in [2.05, 4.69) is 40.0 Å². The molecule has 0 aliphatic heterocycles. The molecule has 1 atom stereocenters. The van der Waals surface area contributed by atoms with Crippen LogP contribution >= 0.6 is 11.3 Å². The van der Waals surface area contributed by atoms with Gasteiger partial charge >= 0.3 is 0 Å². The number of nitrogens with zero attached hydrogens (tertiary/aromatic N) is 1. The van der Waals surface area contributed by atoms with Crippen molar-refractivity contribution < 1.29 is 5.11 Å². The van der Waals surface area contributed by atoms with Gasteiger partial charge in [-0.25, -0.2) is 4.98 Å². The summed E-state index contributed by atoms with van der Waals surface area (Å²) in [6.07, 6.45) is 5.41. The molecule has 0 spiro atoms. The molecule has 0 aromatic carbocycles. The molecule has 0 fully saturated rings. The second-order valence-corrected chi connectivity index (χ2v) is 7.61. The van der Waals surface area contributed by atoms with E-state index in [0.717, 1.165) is 19.3 Å². The van der Waals surface area contributed by atoms with Gasteiger partial charge in [-0.15, -0.1) is 11.3 Å². The lowest BCUT2D eigenvalue weighted by atomic mass is 9.78. The van der Waals surface area contributed by atoms with Crippen molar-refractivity contribution in [2.24, 2.45) is 5.41 Å². The van der Waals surface area contributed by atoms with Gasteiger partial charge in [0.05, 0.1) is 10.7 Å². The Morgan fingerprint density at radius 1 is 1.26 bits per heavy atom. The first-order valence-corrected chi connectivity index (χ1v) is 8.30. The number of rotatable bonds is 7. The number of aromatic nitrogens is 1. The molecule has 0 amide bonds. The molecule has 19 heavy (non-hydrogen) atoms. The summed E-state index contributed by atoms with van der Waals surface area (Å²) in [5.74, 6) is 0. The highest BCUT2D eigenvalue weighted by Crippen LogP contribution is 2.34. The first-order valence-electron chi connectivity index (χ1n) is 7.42. The highest BCUT2D eigenvalue weighted by Gasteiger charge is 2.29. The van der Waals surface area contributed by atoms with Crippen LogP contribution in [0.3, 0.4) is 0 Å². The molecule has 0 saturated carbocycles. The molecule has 1 heterocycles. The fraction of sp³-hybridized carbons (Fsp3) is 0.812. The van der Waals surface area contributed by atoms with E-state index in [1.165, 1.54) is 23.5 Å². The maximum atomic E-state index is 9.81. The Hall–Kier alpha value is -0.410. The van der Waals surface area contributed by atoms with E-state index in [4.69, 9.17) is 4.98 Å². The van der Waals surface area contributed by atoms with E-state index < -0.39 is 0 Å². The Morgan fingerprint density at radius 2 is 1.95 bits per heavy atom. The molecule has 1 rings (SSSR count). The predicted molar refractivity (Wildman–Crippen MR) is 83.9 cm³/mol. The van der Waals surface area contributed by atoms with Crippen LogP contribution in [0.5, 0.6) is 0 Å². The first kappa shape index (κ1) is 16.6. The average Bonchev–Trinajstić information content (AvgIpc) is 2.83. The highest BCUT2D eigenvalue weighted by molar-refractivity contribution is 7.09. The number of unbranched alkanes of at least 4 members (excludes halogenated alkanes) is 1. The van der Waals surface area contributed by atoms with E-state index in [-0.39, 0.29) is 17.4 Å². The standard InChI is InChI=1S/C16H29NOS/c1-6-8-9-16(7-2,12-18)10-14-17-13(11-19-14)15(3,4)5/h11,18H,6-10,12H2,1-5H3. The first-order chi connectivity index (χ1) is 8.87. The van der Waals surface area contributed by atoms with Crippen LogP contribution < -0.4 is 0 Å². The lowest BCUT2D eigenvalue weighted by Gasteiger charge is -2.30. The zero-order chi connectivity index (χ0) is 14.5. The third kappa shape index (κ3) is 4.57. The van der Waals surface area contributed by atoms with Gasteiger partial charge in [-0.1, -0.05) is 47.5 Å². The lowest BCUT2D eigenvalue weighted by Crippen LogP contribution is -2.27. The van der Waals surface area contributed by atoms with Gasteiger partial charge in [0.25, 0.3) is 0 Å². The molecule has 1 aromatic heterocycles. The molecule has 1 unspecified atom stereocenters. The van der Waals surface area contributed by atoms with Crippen LogP contribution in [0, 0.1) is 5.41 Å². The summed E-state index contributed by atoms with van der Waals surface area (Å²) in [5, 5.41) is 13.2. The van der Waals surface area contributed by atoms with Crippen LogP contribution in [0.2, 0.25) is 0 Å². The maximum Gasteiger partial charge on any atom is 0.0934 e. The van der Waals surface area contributed by atoms with Crippen molar-refractivity contribution in [1.29, 1.82) is 0 Å². The predicted octanol–water partition coefficient (Wildman–Crippen LogP) is 4.56. The van der Waals surface area contributed by atoms with E-state index >= 15 is 0 Å².